The number of ether oxygens (including phenoxy) is 1. The number of hydrogen-bond donors (Lipinski definition) is 1. The molecule has 164 valence electrons. The molecule has 0 aliphatic carbocycles. The molecular weight excluding hydrogens is 432 g/mol. The van der Waals surface area contributed by atoms with Crippen molar-refractivity contribution in [2.45, 2.75) is 19.8 Å². The molecule has 2 aromatic rings. The summed E-state index contributed by atoms with van der Waals surface area (Å²) in [5.74, 6) is -1.54. The summed E-state index contributed by atoms with van der Waals surface area (Å²) >= 11 is 5.85. The summed E-state index contributed by atoms with van der Waals surface area (Å²) in [6.45, 7) is 3.35. The Morgan fingerprint density at radius 3 is 2.44 bits per heavy atom. The van der Waals surface area contributed by atoms with Gasteiger partial charge in [0.2, 0.25) is 0 Å². The molecular formula is C24H21ClN2O5. The van der Waals surface area contributed by atoms with E-state index in [0.29, 0.717) is 17.0 Å². The highest BCUT2D eigenvalue weighted by atomic mass is 35.5. The van der Waals surface area contributed by atoms with Crippen molar-refractivity contribution in [1.29, 1.82) is 0 Å². The topological polar surface area (TPSA) is 98.5 Å². The maximum Gasteiger partial charge on any atom is 0.337 e. The van der Waals surface area contributed by atoms with Crippen LogP contribution in [0.3, 0.4) is 0 Å². The Kier molecular flexibility index (Phi) is 7.22. The number of nitro groups is 1. The Bertz CT molecular complexity index is 1150. The van der Waals surface area contributed by atoms with Crippen LogP contribution in [0.4, 0.5) is 5.69 Å². The fourth-order valence-electron chi connectivity index (χ4n) is 3.63. The monoisotopic (exact) mass is 452 g/mol. The van der Waals surface area contributed by atoms with Gasteiger partial charge in [-0.1, -0.05) is 48.5 Å². The quantitative estimate of drug-likeness (QED) is 0.279. The van der Waals surface area contributed by atoms with E-state index >= 15 is 0 Å². The van der Waals surface area contributed by atoms with Crippen LogP contribution in [0.1, 0.15) is 30.9 Å². The summed E-state index contributed by atoms with van der Waals surface area (Å²) in [4.78, 5) is 36.0. The number of carbonyl (C=O) groups is 2. The van der Waals surface area contributed by atoms with Crippen molar-refractivity contribution >= 4 is 34.6 Å². The number of non-ortho nitro benzene ring substituents is 1. The zero-order chi connectivity index (χ0) is 23.3. The fourth-order valence-corrected chi connectivity index (χ4v) is 3.88. The third-order valence-corrected chi connectivity index (χ3v) is 5.23. The standard InChI is InChI=1S/C24H21ClN2O5/c1-15-20(23(25)28)22(18-11-6-12-19(14-18)27(30)31)21(16(2)26-15)24(29)32-13-7-10-17-8-4-3-5-9-17/h3-12,14,22,26H,13H2,1-2H3/b10-7+. The Morgan fingerprint density at radius 1 is 1.09 bits per heavy atom. The highest BCUT2D eigenvalue weighted by Crippen LogP contribution is 2.40. The van der Waals surface area contributed by atoms with Crippen LogP contribution >= 0.6 is 11.6 Å². The van der Waals surface area contributed by atoms with E-state index < -0.39 is 22.1 Å². The number of nitro benzene ring substituents is 1. The van der Waals surface area contributed by atoms with E-state index in [-0.39, 0.29) is 23.4 Å². The van der Waals surface area contributed by atoms with Crippen molar-refractivity contribution in [3.05, 3.63) is 104 Å². The molecule has 32 heavy (non-hydrogen) atoms. The van der Waals surface area contributed by atoms with Crippen LogP contribution in [-0.2, 0) is 14.3 Å². The van der Waals surface area contributed by atoms with E-state index in [4.69, 9.17) is 16.3 Å². The molecule has 0 saturated heterocycles. The molecule has 0 spiro atoms. The second kappa shape index (κ2) is 10.1. The van der Waals surface area contributed by atoms with Gasteiger partial charge in [-0.15, -0.1) is 0 Å². The second-order valence-electron chi connectivity index (χ2n) is 7.17. The van der Waals surface area contributed by atoms with Crippen LogP contribution in [-0.4, -0.2) is 22.7 Å². The predicted octanol–water partition coefficient (Wildman–Crippen LogP) is 4.85. The molecule has 8 heteroatoms. The molecule has 1 aliphatic rings. The van der Waals surface area contributed by atoms with Crippen LogP contribution in [0.15, 0.2) is 83.2 Å². The van der Waals surface area contributed by atoms with Crippen LogP contribution in [0.25, 0.3) is 6.08 Å². The number of allylic oxidation sites excluding steroid dienone is 3. The average Bonchev–Trinajstić information content (AvgIpc) is 2.76. The molecule has 0 saturated carbocycles. The Morgan fingerprint density at radius 2 is 1.78 bits per heavy atom. The van der Waals surface area contributed by atoms with Gasteiger partial charge in [0.15, 0.2) is 0 Å². The van der Waals surface area contributed by atoms with Crippen molar-refractivity contribution in [2.24, 2.45) is 0 Å². The molecule has 0 radical (unpaired) electrons. The largest absolute Gasteiger partial charge is 0.458 e. The van der Waals surface area contributed by atoms with E-state index in [1.807, 2.05) is 36.4 Å². The maximum absolute atomic E-state index is 13.0. The van der Waals surface area contributed by atoms with Crippen molar-refractivity contribution in [1.82, 2.24) is 5.32 Å². The first-order chi connectivity index (χ1) is 15.3. The minimum atomic E-state index is -0.897. The number of carbonyl (C=O) groups excluding carboxylic acids is 2. The lowest BCUT2D eigenvalue weighted by Crippen LogP contribution is -2.31. The maximum atomic E-state index is 13.0. The normalized spacial score (nSPS) is 16.2. The minimum Gasteiger partial charge on any atom is -0.458 e. The number of esters is 1. The van der Waals surface area contributed by atoms with Crippen LogP contribution < -0.4 is 5.32 Å². The molecule has 0 fully saturated rings. The highest BCUT2D eigenvalue weighted by Gasteiger charge is 2.37. The summed E-state index contributed by atoms with van der Waals surface area (Å²) in [6.07, 6.45) is 3.53. The third-order valence-electron chi connectivity index (χ3n) is 5.03. The average molecular weight is 453 g/mol. The molecule has 1 aliphatic heterocycles. The Balaban J connectivity index is 1.92. The molecule has 3 rings (SSSR count). The third kappa shape index (κ3) is 5.12. The SMILES string of the molecule is CC1=C(C(=O)Cl)C(c2cccc([N+](=O)[O-])c2)C(C(=O)OC/C=C/c2ccccc2)=C(C)N1. The van der Waals surface area contributed by atoms with Gasteiger partial charge in [-0.05, 0) is 42.7 Å². The predicted molar refractivity (Wildman–Crippen MR) is 122 cm³/mol. The molecule has 0 amide bonds. The summed E-state index contributed by atoms with van der Waals surface area (Å²) in [6, 6.07) is 15.3. The van der Waals surface area contributed by atoms with E-state index in [9.17, 15) is 19.7 Å². The van der Waals surface area contributed by atoms with Crippen LogP contribution in [0.2, 0.25) is 0 Å². The number of nitrogens with zero attached hydrogens (tertiary/aromatic N) is 1. The lowest BCUT2D eigenvalue weighted by atomic mass is 9.81. The van der Waals surface area contributed by atoms with E-state index in [2.05, 4.69) is 5.32 Å². The van der Waals surface area contributed by atoms with Crippen LogP contribution in [0, 0.1) is 10.1 Å². The molecule has 1 N–H and O–H groups in total. The number of hydrogen-bond acceptors (Lipinski definition) is 6. The summed E-state index contributed by atoms with van der Waals surface area (Å²) < 4.78 is 5.43. The van der Waals surface area contributed by atoms with Crippen molar-refractivity contribution in [3.8, 4) is 0 Å². The number of rotatable bonds is 7. The first-order valence-corrected chi connectivity index (χ1v) is 10.2. The summed E-state index contributed by atoms with van der Waals surface area (Å²) in [5.41, 5.74) is 2.47. The lowest BCUT2D eigenvalue weighted by Gasteiger charge is -2.29. The van der Waals surface area contributed by atoms with Gasteiger partial charge in [0.1, 0.15) is 6.61 Å². The fraction of sp³-hybridized carbons (Fsp3) is 0.167. The Labute approximate surface area is 190 Å². The smallest absolute Gasteiger partial charge is 0.337 e. The number of nitrogens with one attached hydrogen (secondary N) is 1. The Hall–Kier alpha value is -3.71. The number of benzene rings is 2. The van der Waals surface area contributed by atoms with E-state index in [1.54, 1.807) is 26.0 Å². The lowest BCUT2D eigenvalue weighted by molar-refractivity contribution is -0.384. The molecule has 7 nitrogen and oxygen atoms in total. The van der Waals surface area contributed by atoms with E-state index in [0.717, 1.165) is 5.56 Å². The van der Waals surface area contributed by atoms with Gasteiger partial charge in [0.05, 0.1) is 10.5 Å². The number of halogens is 1. The number of dihydropyridines is 1. The van der Waals surface area contributed by atoms with Gasteiger partial charge >= 0.3 is 5.97 Å². The molecule has 1 unspecified atom stereocenters. The zero-order valence-electron chi connectivity index (χ0n) is 17.5. The van der Waals surface area contributed by atoms with Gasteiger partial charge in [0, 0.05) is 35.0 Å². The van der Waals surface area contributed by atoms with E-state index in [1.165, 1.54) is 18.2 Å². The molecule has 0 aromatic heterocycles. The van der Waals surface area contributed by atoms with Crippen molar-refractivity contribution < 1.29 is 19.2 Å². The highest BCUT2D eigenvalue weighted by molar-refractivity contribution is 6.68. The molecule has 1 atom stereocenters. The summed E-state index contributed by atoms with van der Waals surface area (Å²) in [5, 5.41) is 13.5. The summed E-state index contributed by atoms with van der Waals surface area (Å²) in [7, 11) is 0. The zero-order valence-corrected chi connectivity index (χ0v) is 18.3. The second-order valence-corrected chi connectivity index (χ2v) is 7.52. The molecule has 2 aromatic carbocycles. The molecule has 0 bridgehead atoms. The van der Waals surface area contributed by atoms with Gasteiger partial charge in [-0.25, -0.2) is 4.79 Å². The van der Waals surface area contributed by atoms with Gasteiger partial charge in [0.25, 0.3) is 10.9 Å². The van der Waals surface area contributed by atoms with Gasteiger partial charge in [-0.3, -0.25) is 14.9 Å². The minimum absolute atomic E-state index is 0.0129. The van der Waals surface area contributed by atoms with Gasteiger partial charge < -0.3 is 10.1 Å². The van der Waals surface area contributed by atoms with Crippen LogP contribution in [0.5, 0.6) is 0 Å². The molecule has 1 heterocycles. The first kappa shape index (κ1) is 23.0. The van der Waals surface area contributed by atoms with Crippen molar-refractivity contribution in [3.63, 3.8) is 0 Å². The van der Waals surface area contributed by atoms with Crippen molar-refractivity contribution in [2.75, 3.05) is 6.61 Å². The first-order valence-electron chi connectivity index (χ1n) is 9.81. The van der Waals surface area contributed by atoms with Gasteiger partial charge in [-0.2, -0.15) is 0 Å².